The van der Waals surface area contributed by atoms with Crippen LogP contribution in [0.2, 0.25) is 0 Å². The zero-order valence-electron chi connectivity index (χ0n) is 15.2. The van der Waals surface area contributed by atoms with Crippen molar-refractivity contribution in [3.05, 3.63) is 84.1 Å². The quantitative estimate of drug-likeness (QED) is 0.420. The van der Waals surface area contributed by atoms with Crippen molar-refractivity contribution in [3.8, 4) is 0 Å². The number of aromatic nitrogens is 1. The van der Waals surface area contributed by atoms with Gasteiger partial charge in [0.2, 0.25) is 5.52 Å². The Morgan fingerprint density at radius 2 is 1.74 bits per heavy atom. The molecule has 27 heavy (non-hydrogen) atoms. The molecule has 0 aliphatic rings. The van der Waals surface area contributed by atoms with Crippen LogP contribution in [0.15, 0.2) is 72.9 Å². The standard InChI is InChI=1S/C23H20N2O2/c1-2-27-23(26)20-15-25-21-18-11-7-6-10-17(18)12-13-19(21)22(20)24-14-16-8-4-3-5-9-16/h3-13,15H,2,14H2,1H3,(H,24,25)/p+1. The molecule has 0 aliphatic heterocycles. The molecule has 0 saturated carbocycles. The number of nitrogens with one attached hydrogen (secondary N) is 2. The molecule has 0 unspecified atom stereocenters. The highest BCUT2D eigenvalue weighted by molar-refractivity contribution is 6.11. The lowest BCUT2D eigenvalue weighted by Crippen LogP contribution is -2.16. The minimum absolute atomic E-state index is 0.334. The first-order chi connectivity index (χ1) is 13.3. The number of H-pyrrole nitrogens is 1. The maximum absolute atomic E-state index is 12.5. The number of carbonyl (C=O) groups is 1. The van der Waals surface area contributed by atoms with E-state index in [9.17, 15) is 4.79 Å². The van der Waals surface area contributed by atoms with E-state index in [4.69, 9.17) is 4.74 Å². The monoisotopic (exact) mass is 357 g/mol. The molecule has 1 aromatic heterocycles. The van der Waals surface area contributed by atoms with Gasteiger partial charge in [0.15, 0.2) is 6.20 Å². The van der Waals surface area contributed by atoms with E-state index in [-0.39, 0.29) is 5.97 Å². The number of hydrogen-bond donors (Lipinski definition) is 1. The smallest absolute Gasteiger partial charge is 0.346 e. The van der Waals surface area contributed by atoms with E-state index < -0.39 is 0 Å². The number of benzene rings is 3. The molecule has 4 rings (SSSR count). The summed E-state index contributed by atoms with van der Waals surface area (Å²) in [6.45, 7) is 2.78. The lowest BCUT2D eigenvalue weighted by Gasteiger charge is -2.12. The molecule has 4 nitrogen and oxygen atoms in total. The van der Waals surface area contributed by atoms with Crippen molar-refractivity contribution in [2.75, 3.05) is 11.9 Å². The van der Waals surface area contributed by atoms with Crippen LogP contribution in [-0.2, 0) is 11.3 Å². The van der Waals surface area contributed by atoms with Gasteiger partial charge in [0, 0.05) is 6.54 Å². The molecule has 0 bridgehead atoms. The maximum Gasteiger partial charge on any atom is 0.346 e. The van der Waals surface area contributed by atoms with Crippen LogP contribution in [0.5, 0.6) is 0 Å². The van der Waals surface area contributed by atoms with Gasteiger partial charge in [-0.05, 0) is 30.0 Å². The molecule has 1 heterocycles. The Morgan fingerprint density at radius 1 is 0.963 bits per heavy atom. The SMILES string of the molecule is CCOC(=O)c1c[nH+]c2c(ccc3ccccc32)c1NCc1ccccc1. The summed E-state index contributed by atoms with van der Waals surface area (Å²) in [6.07, 6.45) is 1.74. The molecule has 0 amide bonds. The van der Waals surface area contributed by atoms with E-state index >= 15 is 0 Å². The molecule has 4 aromatic rings. The van der Waals surface area contributed by atoms with E-state index in [2.05, 4.69) is 40.6 Å². The van der Waals surface area contributed by atoms with Gasteiger partial charge in [-0.25, -0.2) is 9.78 Å². The average Bonchev–Trinajstić information content (AvgIpc) is 2.72. The van der Waals surface area contributed by atoms with E-state index in [0.717, 1.165) is 32.9 Å². The van der Waals surface area contributed by atoms with Crippen molar-refractivity contribution < 1.29 is 14.5 Å². The third kappa shape index (κ3) is 3.34. The number of carbonyl (C=O) groups excluding carboxylic acids is 1. The Balaban J connectivity index is 1.86. The fourth-order valence-corrected chi connectivity index (χ4v) is 3.34. The number of hydrogen-bond acceptors (Lipinski definition) is 3. The van der Waals surface area contributed by atoms with Gasteiger partial charge in [-0.1, -0.05) is 54.6 Å². The summed E-state index contributed by atoms with van der Waals surface area (Å²) < 4.78 is 5.26. The van der Waals surface area contributed by atoms with E-state index in [0.29, 0.717) is 18.7 Å². The number of ether oxygens (including phenoxy) is 1. The van der Waals surface area contributed by atoms with Crippen molar-refractivity contribution in [3.63, 3.8) is 0 Å². The summed E-state index contributed by atoms with van der Waals surface area (Å²) in [6, 6.07) is 22.5. The van der Waals surface area contributed by atoms with Gasteiger partial charge in [-0.2, -0.15) is 0 Å². The minimum Gasteiger partial charge on any atom is -0.462 e. The zero-order valence-corrected chi connectivity index (χ0v) is 15.2. The third-order valence-corrected chi connectivity index (χ3v) is 4.64. The highest BCUT2D eigenvalue weighted by Crippen LogP contribution is 2.30. The summed E-state index contributed by atoms with van der Waals surface area (Å²) in [5.41, 5.74) is 3.44. The number of fused-ring (bicyclic) bond motifs is 3. The Bertz CT molecular complexity index is 1110. The topological polar surface area (TPSA) is 52.5 Å². The Kier molecular flexibility index (Phi) is 4.71. The normalized spacial score (nSPS) is 10.9. The van der Waals surface area contributed by atoms with Crippen LogP contribution in [0, 0.1) is 0 Å². The van der Waals surface area contributed by atoms with Crippen molar-refractivity contribution in [2.24, 2.45) is 0 Å². The van der Waals surface area contributed by atoms with Gasteiger partial charge in [0.1, 0.15) is 5.56 Å². The number of pyridine rings is 1. The lowest BCUT2D eigenvalue weighted by atomic mass is 10.0. The Morgan fingerprint density at radius 3 is 2.56 bits per heavy atom. The average molecular weight is 357 g/mol. The first kappa shape index (κ1) is 17.0. The predicted molar refractivity (Wildman–Crippen MR) is 108 cm³/mol. The molecule has 4 heteroatoms. The first-order valence-electron chi connectivity index (χ1n) is 9.09. The molecule has 0 saturated heterocycles. The Hall–Kier alpha value is -3.40. The molecule has 2 N–H and O–H groups in total. The van der Waals surface area contributed by atoms with Gasteiger partial charge in [-0.15, -0.1) is 0 Å². The summed E-state index contributed by atoms with van der Waals surface area (Å²) in [5, 5.41) is 6.69. The zero-order chi connectivity index (χ0) is 18.6. The van der Waals surface area contributed by atoms with Crippen molar-refractivity contribution in [2.45, 2.75) is 13.5 Å². The van der Waals surface area contributed by atoms with E-state index in [1.807, 2.05) is 43.3 Å². The number of aromatic amines is 1. The van der Waals surface area contributed by atoms with Crippen LogP contribution in [0.1, 0.15) is 22.8 Å². The van der Waals surface area contributed by atoms with Crippen LogP contribution in [-0.4, -0.2) is 12.6 Å². The van der Waals surface area contributed by atoms with Crippen molar-refractivity contribution >= 4 is 33.3 Å². The van der Waals surface area contributed by atoms with E-state index in [1.54, 1.807) is 6.20 Å². The van der Waals surface area contributed by atoms with Crippen molar-refractivity contribution in [1.82, 2.24) is 0 Å². The summed E-state index contributed by atoms with van der Waals surface area (Å²) in [7, 11) is 0. The van der Waals surface area contributed by atoms with Crippen LogP contribution in [0.3, 0.4) is 0 Å². The van der Waals surface area contributed by atoms with Gasteiger partial charge < -0.3 is 10.1 Å². The number of anilines is 1. The molecule has 0 fully saturated rings. The van der Waals surface area contributed by atoms with Crippen molar-refractivity contribution in [1.29, 1.82) is 0 Å². The minimum atomic E-state index is -0.334. The highest BCUT2D eigenvalue weighted by atomic mass is 16.5. The summed E-state index contributed by atoms with van der Waals surface area (Å²) in [5.74, 6) is -0.334. The fourth-order valence-electron chi connectivity index (χ4n) is 3.34. The van der Waals surface area contributed by atoms with Crippen LogP contribution in [0.25, 0.3) is 21.7 Å². The molecule has 0 atom stereocenters. The van der Waals surface area contributed by atoms with E-state index in [1.165, 1.54) is 0 Å². The maximum atomic E-state index is 12.5. The van der Waals surface area contributed by atoms with Crippen LogP contribution >= 0.6 is 0 Å². The molecular formula is C23H21N2O2+. The largest absolute Gasteiger partial charge is 0.462 e. The van der Waals surface area contributed by atoms with Crippen LogP contribution in [0.4, 0.5) is 5.69 Å². The van der Waals surface area contributed by atoms with Gasteiger partial charge >= 0.3 is 5.97 Å². The predicted octanol–water partition coefficient (Wildman–Crippen LogP) is 4.60. The lowest BCUT2D eigenvalue weighted by molar-refractivity contribution is -0.343. The number of esters is 1. The molecule has 0 aliphatic carbocycles. The highest BCUT2D eigenvalue weighted by Gasteiger charge is 2.21. The second-order valence-corrected chi connectivity index (χ2v) is 6.35. The third-order valence-electron chi connectivity index (χ3n) is 4.64. The molecular weight excluding hydrogens is 336 g/mol. The van der Waals surface area contributed by atoms with Gasteiger partial charge in [-0.3, -0.25) is 0 Å². The summed E-state index contributed by atoms with van der Waals surface area (Å²) >= 11 is 0. The molecule has 3 aromatic carbocycles. The number of rotatable bonds is 5. The fraction of sp³-hybridized carbons (Fsp3) is 0.130. The second kappa shape index (κ2) is 7.46. The summed E-state index contributed by atoms with van der Waals surface area (Å²) in [4.78, 5) is 15.8. The van der Waals surface area contributed by atoms with Crippen LogP contribution < -0.4 is 10.3 Å². The Labute approximate surface area is 157 Å². The molecule has 0 spiro atoms. The second-order valence-electron chi connectivity index (χ2n) is 6.35. The molecule has 134 valence electrons. The molecule has 0 radical (unpaired) electrons. The van der Waals surface area contributed by atoms with Gasteiger partial charge in [0.25, 0.3) is 0 Å². The first-order valence-corrected chi connectivity index (χ1v) is 9.09. The van der Waals surface area contributed by atoms with Gasteiger partial charge in [0.05, 0.1) is 23.1 Å².